The zero-order chi connectivity index (χ0) is 14.4. The minimum Gasteiger partial charge on any atom is -0.398 e. The largest absolute Gasteiger partial charge is 0.398 e. The zero-order valence-electron chi connectivity index (χ0n) is 12.0. The van der Waals surface area contributed by atoms with Crippen molar-refractivity contribution in [2.45, 2.75) is 43.7 Å². The van der Waals surface area contributed by atoms with Crippen molar-refractivity contribution >= 4 is 28.2 Å². The van der Waals surface area contributed by atoms with E-state index in [0.717, 1.165) is 28.0 Å². The second-order valence-corrected chi connectivity index (χ2v) is 7.69. The minimum absolute atomic E-state index is 0.305. The quantitative estimate of drug-likeness (QED) is 0.785. The van der Waals surface area contributed by atoms with Gasteiger partial charge in [-0.05, 0) is 50.3 Å². The Morgan fingerprint density at radius 3 is 3.05 bits per heavy atom. The van der Waals surface area contributed by atoms with E-state index in [4.69, 9.17) is 22.3 Å². The molecular formula is C17H18ClN3. The highest BCUT2D eigenvalue weighted by atomic mass is 35.5. The first-order valence-corrected chi connectivity index (χ1v) is 8.07. The first kappa shape index (κ1) is 12.2. The van der Waals surface area contributed by atoms with Crippen LogP contribution in [0.2, 0.25) is 5.02 Å². The smallest absolute Gasteiger partial charge is 0.0741 e. The summed E-state index contributed by atoms with van der Waals surface area (Å²) in [6, 6.07) is 6.43. The molecule has 0 amide bonds. The molecule has 21 heavy (non-hydrogen) atoms. The Labute approximate surface area is 128 Å². The molecule has 3 aliphatic rings. The van der Waals surface area contributed by atoms with Crippen LogP contribution >= 0.6 is 11.6 Å². The average molecular weight is 300 g/mol. The first-order valence-electron chi connectivity index (χ1n) is 7.69. The lowest BCUT2D eigenvalue weighted by molar-refractivity contribution is 0.303. The molecule has 108 valence electrons. The average Bonchev–Trinajstić information content (AvgIpc) is 2.91. The highest BCUT2D eigenvalue weighted by molar-refractivity contribution is 6.31. The molecule has 0 radical (unpaired) electrons. The molecule has 0 saturated carbocycles. The fourth-order valence-corrected chi connectivity index (χ4v) is 5.26. The van der Waals surface area contributed by atoms with E-state index in [2.05, 4.69) is 12.2 Å². The van der Waals surface area contributed by atoms with Gasteiger partial charge in [-0.15, -0.1) is 0 Å². The van der Waals surface area contributed by atoms with Crippen LogP contribution in [0.1, 0.15) is 36.9 Å². The van der Waals surface area contributed by atoms with Crippen LogP contribution in [0.3, 0.4) is 0 Å². The SMILES string of the molecule is C[C@@]12C[C@H]3Cc4nc5cc(Cl)ccc5c(N)c4[C@@H](C1)[C@H]3N2. The number of nitrogens with one attached hydrogen (secondary N) is 1. The molecule has 1 aromatic carbocycles. The molecular weight excluding hydrogens is 282 g/mol. The molecule has 3 heterocycles. The maximum absolute atomic E-state index is 6.54. The fraction of sp³-hybridized carbons (Fsp3) is 0.471. The summed E-state index contributed by atoms with van der Waals surface area (Å²) in [4.78, 5) is 4.90. The van der Waals surface area contributed by atoms with Gasteiger partial charge in [0.15, 0.2) is 0 Å². The predicted molar refractivity (Wildman–Crippen MR) is 85.7 cm³/mol. The van der Waals surface area contributed by atoms with Gasteiger partial charge >= 0.3 is 0 Å². The van der Waals surface area contributed by atoms with Gasteiger partial charge in [0.1, 0.15) is 0 Å². The number of hydrogen-bond donors (Lipinski definition) is 2. The van der Waals surface area contributed by atoms with Crippen molar-refractivity contribution in [3.05, 3.63) is 34.5 Å². The fourth-order valence-electron chi connectivity index (χ4n) is 5.10. The van der Waals surface area contributed by atoms with Crippen LogP contribution in [0.5, 0.6) is 0 Å². The van der Waals surface area contributed by atoms with Crippen LogP contribution in [0, 0.1) is 5.92 Å². The van der Waals surface area contributed by atoms with E-state index in [1.54, 1.807) is 0 Å². The monoisotopic (exact) mass is 299 g/mol. The van der Waals surface area contributed by atoms with E-state index in [0.29, 0.717) is 23.4 Å². The van der Waals surface area contributed by atoms with Crippen molar-refractivity contribution in [2.24, 2.45) is 5.92 Å². The number of benzene rings is 1. The molecule has 2 bridgehead atoms. The van der Waals surface area contributed by atoms with Gasteiger partial charge in [-0.25, -0.2) is 0 Å². The number of nitrogen functional groups attached to an aromatic ring is 1. The molecule has 0 unspecified atom stereocenters. The number of nitrogens with two attached hydrogens (primary N) is 1. The molecule has 4 heteroatoms. The second-order valence-electron chi connectivity index (χ2n) is 7.26. The van der Waals surface area contributed by atoms with Gasteiger partial charge in [0.05, 0.1) is 5.52 Å². The topological polar surface area (TPSA) is 50.9 Å². The maximum Gasteiger partial charge on any atom is 0.0741 e. The maximum atomic E-state index is 6.54. The molecule has 2 aliphatic heterocycles. The standard InChI is InChI=1S/C17H18ClN3/c1-17-6-8-4-13-14(11(7-17)16(8)21-17)15(19)10-3-2-9(18)5-12(10)20-13/h2-3,5,8,11,16,21H,4,6-7H2,1H3,(H2,19,20)/t8-,11-,16+,17-/m1/s1. The van der Waals surface area contributed by atoms with E-state index < -0.39 is 0 Å². The third-order valence-electron chi connectivity index (χ3n) is 5.77. The van der Waals surface area contributed by atoms with Crippen molar-refractivity contribution in [3.8, 4) is 0 Å². The Hall–Kier alpha value is -1.32. The molecule has 3 nitrogen and oxygen atoms in total. The molecule has 1 aromatic heterocycles. The van der Waals surface area contributed by atoms with Crippen molar-refractivity contribution in [1.29, 1.82) is 0 Å². The number of halogens is 1. The third-order valence-corrected chi connectivity index (χ3v) is 6.01. The Kier molecular flexibility index (Phi) is 2.16. The number of pyridine rings is 1. The summed E-state index contributed by atoms with van der Waals surface area (Å²) in [5.74, 6) is 1.25. The third kappa shape index (κ3) is 1.51. The van der Waals surface area contributed by atoms with Gasteiger partial charge < -0.3 is 11.1 Å². The predicted octanol–water partition coefficient (Wildman–Crippen LogP) is 3.25. The van der Waals surface area contributed by atoms with Crippen LogP contribution in [-0.2, 0) is 6.42 Å². The summed E-state index contributed by atoms with van der Waals surface area (Å²) in [5, 5.41) is 5.60. The Balaban J connectivity index is 1.78. The number of nitrogens with zero attached hydrogens (tertiary/aromatic N) is 1. The van der Waals surface area contributed by atoms with Crippen LogP contribution in [0.15, 0.2) is 18.2 Å². The lowest BCUT2D eigenvalue weighted by atomic mass is 9.67. The Bertz CT molecular complexity index is 787. The normalized spacial score (nSPS) is 36.2. The highest BCUT2D eigenvalue weighted by Crippen LogP contribution is 2.55. The second kappa shape index (κ2) is 3.71. The van der Waals surface area contributed by atoms with E-state index in [-0.39, 0.29) is 0 Å². The van der Waals surface area contributed by atoms with Crippen LogP contribution in [0.4, 0.5) is 5.69 Å². The lowest BCUT2D eigenvalue weighted by Crippen LogP contribution is -2.35. The van der Waals surface area contributed by atoms with Crippen LogP contribution < -0.4 is 11.1 Å². The number of fused-ring (bicyclic) bond motifs is 4. The Morgan fingerprint density at radius 2 is 2.24 bits per heavy atom. The molecule has 0 spiro atoms. The van der Waals surface area contributed by atoms with E-state index in [9.17, 15) is 0 Å². The molecule has 5 rings (SSSR count). The summed E-state index contributed by atoms with van der Waals surface area (Å²) < 4.78 is 0. The van der Waals surface area contributed by atoms with Gasteiger partial charge in [0.2, 0.25) is 0 Å². The number of aromatic nitrogens is 1. The first-order chi connectivity index (χ1) is 10.0. The molecule has 2 saturated heterocycles. The summed E-state index contributed by atoms with van der Waals surface area (Å²) >= 11 is 6.11. The number of rotatable bonds is 0. The van der Waals surface area contributed by atoms with Gasteiger partial charge in [-0.1, -0.05) is 11.6 Å². The van der Waals surface area contributed by atoms with E-state index >= 15 is 0 Å². The van der Waals surface area contributed by atoms with Gasteiger partial charge in [0, 0.05) is 44.9 Å². The number of hydrogen-bond acceptors (Lipinski definition) is 3. The number of anilines is 1. The zero-order valence-corrected chi connectivity index (χ0v) is 12.7. The van der Waals surface area contributed by atoms with Crippen molar-refractivity contribution < 1.29 is 0 Å². The highest BCUT2D eigenvalue weighted by Gasteiger charge is 2.56. The van der Waals surface area contributed by atoms with E-state index in [1.165, 1.54) is 24.1 Å². The summed E-state index contributed by atoms with van der Waals surface area (Å²) in [6.45, 7) is 2.36. The molecule has 1 aliphatic carbocycles. The van der Waals surface area contributed by atoms with Gasteiger partial charge in [-0.2, -0.15) is 0 Å². The molecule has 2 aromatic rings. The minimum atomic E-state index is 0.305. The molecule has 2 fully saturated rings. The summed E-state index contributed by atoms with van der Waals surface area (Å²) in [7, 11) is 0. The van der Waals surface area contributed by atoms with Crippen LogP contribution in [0.25, 0.3) is 10.9 Å². The van der Waals surface area contributed by atoms with Crippen molar-refractivity contribution in [1.82, 2.24) is 10.3 Å². The lowest BCUT2D eigenvalue weighted by Gasteiger charge is -2.37. The van der Waals surface area contributed by atoms with Crippen LogP contribution in [-0.4, -0.2) is 16.6 Å². The van der Waals surface area contributed by atoms with Crippen molar-refractivity contribution in [3.63, 3.8) is 0 Å². The van der Waals surface area contributed by atoms with E-state index in [1.807, 2.05) is 18.2 Å². The van der Waals surface area contributed by atoms with Gasteiger partial charge in [-0.3, -0.25) is 4.98 Å². The summed E-state index contributed by atoms with van der Waals surface area (Å²) in [5.41, 5.74) is 11.2. The molecule has 4 atom stereocenters. The summed E-state index contributed by atoms with van der Waals surface area (Å²) in [6.07, 6.45) is 3.50. The van der Waals surface area contributed by atoms with Gasteiger partial charge in [0.25, 0.3) is 0 Å². The Morgan fingerprint density at radius 1 is 1.38 bits per heavy atom. The van der Waals surface area contributed by atoms with Crippen molar-refractivity contribution in [2.75, 3.05) is 5.73 Å². The molecule has 3 N–H and O–H groups in total.